The minimum atomic E-state index is -4.40. The van der Waals surface area contributed by atoms with Crippen molar-refractivity contribution in [1.82, 2.24) is 9.97 Å². The number of alkyl halides is 3. The first-order chi connectivity index (χ1) is 6.98. The molecule has 0 saturated carbocycles. The largest absolute Gasteiger partial charge is 0.417 e. The van der Waals surface area contributed by atoms with Gasteiger partial charge in [0.2, 0.25) is 5.95 Å². The van der Waals surface area contributed by atoms with Crippen molar-refractivity contribution in [2.75, 3.05) is 5.73 Å². The molecule has 0 bridgehead atoms. The first-order valence-corrected chi connectivity index (χ1v) is 4.07. The molecule has 0 unspecified atom stereocenters. The highest BCUT2D eigenvalue weighted by Crippen LogP contribution is 2.33. The molecular formula is C9H6F3N3. The Bertz CT molecular complexity index is 507. The third-order valence-corrected chi connectivity index (χ3v) is 1.95. The number of nitrogen functional groups attached to an aromatic ring is 1. The summed E-state index contributed by atoms with van der Waals surface area (Å²) in [5, 5.41) is -0.0424. The number of hydrogen-bond donors (Lipinski definition) is 1. The zero-order valence-corrected chi connectivity index (χ0v) is 7.42. The highest BCUT2D eigenvalue weighted by molar-refractivity contribution is 5.82. The van der Waals surface area contributed by atoms with E-state index >= 15 is 0 Å². The van der Waals surface area contributed by atoms with Crippen LogP contribution in [0.25, 0.3) is 10.9 Å². The number of rotatable bonds is 0. The third kappa shape index (κ3) is 1.70. The van der Waals surface area contributed by atoms with E-state index in [1.165, 1.54) is 12.1 Å². The summed E-state index contributed by atoms with van der Waals surface area (Å²) in [7, 11) is 0. The van der Waals surface area contributed by atoms with Gasteiger partial charge in [-0.05, 0) is 12.1 Å². The van der Waals surface area contributed by atoms with Gasteiger partial charge in [-0.1, -0.05) is 6.07 Å². The van der Waals surface area contributed by atoms with Gasteiger partial charge in [-0.25, -0.2) is 9.97 Å². The zero-order chi connectivity index (χ0) is 11.1. The van der Waals surface area contributed by atoms with Crippen LogP contribution in [-0.2, 0) is 6.18 Å². The van der Waals surface area contributed by atoms with E-state index in [0.717, 1.165) is 12.3 Å². The Morgan fingerprint density at radius 3 is 2.60 bits per heavy atom. The molecule has 1 aromatic carbocycles. The van der Waals surface area contributed by atoms with Crippen molar-refractivity contribution in [3.8, 4) is 0 Å². The van der Waals surface area contributed by atoms with Crippen LogP contribution >= 0.6 is 0 Å². The van der Waals surface area contributed by atoms with E-state index in [2.05, 4.69) is 9.97 Å². The van der Waals surface area contributed by atoms with E-state index < -0.39 is 11.7 Å². The molecule has 0 aliphatic heterocycles. The fourth-order valence-corrected chi connectivity index (χ4v) is 1.32. The van der Waals surface area contributed by atoms with Crippen molar-refractivity contribution in [2.24, 2.45) is 0 Å². The summed E-state index contributed by atoms with van der Waals surface area (Å²) in [6.45, 7) is 0. The summed E-state index contributed by atoms with van der Waals surface area (Å²) < 4.78 is 37.6. The lowest BCUT2D eigenvalue weighted by Crippen LogP contribution is -2.06. The van der Waals surface area contributed by atoms with Crippen molar-refractivity contribution in [2.45, 2.75) is 6.18 Å². The standard InChI is InChI=1S/C9H6F3N3/c10-9(11,12)6-2-1-3-7-5(6)4-14-8(13)15-7/h1-4H,(H2,13,14,15). The number of fused-ring (bicyclic) bond motifs is 1. The second-order valence-electron chi connectivity index (χ2n) is 2.96. The summed E-state index contributed by atoms with van der Waals surface area (Å²) in [6.07, 6.45) is -3.32. The van der Waals surface area contributed by atoms with Gasteiger partial charge in [-0.3, -0.25) is 0 Å². The Morgan fingerprint density at radius 1 is 1.20 bits per heavy atom. The van der Waals surface area contributed by atoms with Crippen LogP contribution < -0.4 is 5.73 Å². The van der Waals surface area contributed by atoms with E-state index in [4.69, 9.17) is 5.73 Å². The second-order valence-corrected chi connectivity index (χ2v) is 2.96. The van der Waals surface area contributed by atoms with Crippen molar-refractivity contribution >= 4 is 16.9 Å². The molecule has 0 atom stereocenters. The number of hydrogen-bond acceptors (Lipinski definition) is 3. The second kappa shape index (κ2) is 3.08. The third-order valence-electron chi connectivity index (χ3n) is 1.95. The number of aromatic nitrogens is 2. The van der Waals surface area contributed by atoms with Gasteiger partial charge < -0.3 is 5.73 Å². The maximum absolute atomic E-state index is 12.5. The van der Waals surface area contributed by atoms with Crippen molar-refractivity contribution in [3.05, 3.63) is 30.0 Å². The van der Waals surface area contributed by atoms with Gasteiger partial charge in [0.25, 0.3) is 0 Å². The van der Waals surface area contributed by atoms with Crippen LogP contribution in [0.1, 0.15) is 5.56 Å². The molecule has 0 aliphatic carbocycles. The average molecular weight is 213 g/mol. The minimum Gasteiger partial charge on any atom is -0.368 e. The Hall–Kier alpha value is -1.85. The van der Waals surface area contributed by atoms with Gasteiger partial charge in [0.05, 0.1) is 11.1 Å². The molecule has 3 nitrogen and oxygen atoms in total. The molecule has 2 aromatic rings. The van der Waals surface area contributed by atoms with Crippen LogP contribution in [0.4, 0.5) is 19.1 Å². The lowest BCUT2D eigenvalue weighted by molar-refractivity contribution is -0.136. The molecule has 2 rings (SSSR count). The summed E-state index contributed by atoms with van der Waals surface area (Å²) in [6, 6.07) is 3.74. The molecule has 6 heteroatoms. The highest BCUT2D eigenvalue weighted by atomic mass is 19.4. The summed E-state index contributed by atoms with van der Waals surface area (Å²) in [5.74, 6) is -0.0400. The molecule has 0 saturated heterocycles. The van der Waals surface area contributed by atoms with Gasteiger partial charge in [0.15, 0.2) is 0 Å². The molecule has 78 valence electrons. The molecule has 0 radical (unpaired) electrons. The van der Waals surface area contributed by atoms with Crippen molar-refractivity contribution in [1.29, 1.82) is 0 Å². The molecule has 1 aromatic heterocycles. The molecule has 1 heterocycles. The predicted molar refractivity (Wildman–Crippen MR) is 49.0 cm³/mol. The number of nitrogens with two attached hydrogens (primary N) is 1. The van der Waals surface area contributed by atoms with Crippen LogP contribution in [0, 0.1) is 0 Å². The lowest BCUT2D eigenvalue weighted by atomic mass is 10.1. The van der Waals surface area contributed by atoms with E-state index in [1.54, 1.807) is 0 Å². The maximum Gasteiger partial charge on any atom is 0.417 e. The van der Waals surface area contributed by atoms with Gasteiger partial charge in [0.1, 0.15) is 0 Å². The number of nitrogens with zero attached hydrogens (tertiary/aromatic N) is 2. The van der Waals surface area contributed by atoms with E-state index in [0.29, 0.717) is 0 Å². The molecule has 0 aliphatic rings. The number of halogens is 3. The summed E-state index contributed by atoms with van der Waals surface area (Å²) >= 11 is 0. The Kier molecular flexibility index (Phi) is 1.99. The zero-order valence-electron chi connectivity index (χ0n) is 7.42. The SMILES string of the molecule is Nc1ncc2c(C(F)(F)F)cccc2n1. The molecular weight excluding hydrogens is 207 g/mol. The monoisotopic (exact) mass is 213 g/mol. The average Bonchev–Trinajstić information content (AvgIpc) is 2.15. The number of benzene rings is 1. The quantitative estimate of drug-likeness (QED) is 0.730. The van der Waals surface area contributed by atoms with E-state index in [1.807, 2.05) is 0 Å². The van der Waals surface area contributed by atoms with Gasteiger partial charge in [-0.15, -0.1) is 0 Å². The fourth-order valence-electron chi connectivity index (χ4n) is 1.32. The number of anilines is 1. The Labute approximate surface area is 82.8 Å². The van der Waals surface area contributed by atoms with E-state index in [9.17, 15) is 13.2 Å². The molecule has 2 N–H and O–H groups in total. The van der Waals surface area contributed by atoms with Crippen LogP contribution in [0.15, 0.2) is 24.4 Å². The van der Waals surface area contributed by atoms with Crippen LogP contribution in [-0.4, -0.2) is 9.97 Å². The van der Waals surface area contributed by atoms with Crippen LogP contribution in [0.3, 0.4) is 0 Å². The maximum atomic E-state index is 12.5. The molecule has 15 heavy (non-hydrogen) atoms. The summed E-state index contributed by atoms with van der Waals surface area (Å²) in [4.78, 5) is 7.26. The van der Waals surface area contributed by atoms with Gasteiger partial charge in [-0.2, -0.15) is 13.2 Å². The van der Waals surface area contributed by atoms with Gasteiger partial charge in [0, 0.05) is 11.6 Å². The van der Waals surface area contributed by atoms with Crippen LogP contribution in [0.5, 0.6) is 0 Å². The molecule has 0 amide bonds. The van der Waals surface area contributed by atoms with E-state index in [-0.39, 0.29) is 16.9 Å². The summed E-state index contributed by atoms with van der Waals surface area (Å²) in [5.41, 5.74) is 4.72. The predicted octanol–water partition coefficient (Wildman–Crippen LogP) is 2.23. The normalized spacial score (nSPS) is 11.9. The minimum absolute atomic E-state index is 0.0400. The molecule has 0 fully saturated rings. The lowest BCUT2D eigenvalue weighted by Gasteiger charge is -2.09. The van der Waals surface area contributed by atoms with Crippen LogP contribution in [0.2, 0.25) is 0 Å². The fraction of sp³-hybridized carbons (Fsp3) is 0.111. The highest BCUT2D eigenvalue weighted by Gasteiger charge is 2.32. The Balaban J connectivity index is 2.77. The molecule has 0 spiro atoms. The van der Waals surface area contributed by atoms with Gasteiger partial charge >= 0.3 is 6.18 Å². The van der Waals surface area contributed by atoms with Crippen molar-refractivity contribution in [3.63, 3.8) is 0 Å². The Morgan fingerprint density at radius 2 is 1.93 bits per heavy atom. The first-order valence-electron chi connectivity index (χ1n) is 4.07. The van der Waals surface area contributed by atoms with Crippen molar-refractivity contribution < 1.29 is 13.2 Å². The smallest absolute Gasteiger partial charge is 0.368 e. The topological polar surface area (TPSA) is 51.8 Å². The first kappa shape index (κ1) is 9.70.